The third-order valence-corrected chi connectivity index (χ3v) is 5.40. The van der Waals surface area contributed by atoms with Crippen LogP contribution in [0.15, 0.2) is 22.1 Å². The number of hydrogen-bond acceptors (Lipinski definition) is 7. The molecule has 0 bridgehead atoms. The number of esters is 2. The van der Waals surface area contributed by atoms with Gasteiger partial charge in [-0.1, -0.05) is 0 Å². The number of aromatic nitrogens is 1. The zero-order valence-electron chi connectivity index (χ0n) is 13.6. The van der Waals surface area contributed by atoms with Gasteiger partial charge in [0.2, 0.25) is 5.78 Å². The Morgan fingerprint density at radius 2 is 2.19 bits per heavy atom. The molecule has 2 heterocycles. The molecule has 0 saturated heterocycles. The molecule has 1 aliphatic rings. The van der Waals surface area contributed by atoms with E-state index in [4.69, 9.17) is 4.74 Å². The SMILES string of the molecule is COC(=O)c1scc(C(=O)COC(=O)C2CCc3cc(Br)cnc32)c1F. The number of rotatable bonds is 5. The number of carbonyl (C=O) groups is 3. The van der Waals surface area contributed by atoms with Crippen LogP contribution in [0.2, 0.25) is 0 Å². The lowest BCUT2D eigenvalue weighted by molar-refractivity contribution is -0.144. The number of methoxy groups -OCH3 is 1. The predicted molar refractivity (Wildman–Crippen MR) is 93.9 cm³/mol. The largest absolute Gasteiger partial charge is 0.465 e. The number of pyridine rings is 1. The van der Waals surface area contributed by atoms with E-state index in [2.05, 4.69) is 25.7 Å². The Morgan fingerprint density at radius 3 is 2.92 bits per heavy atom. The molecule has 0 amide bonds. The Balaban J connectivity index is 1.65. The first-order valence-corrected chi connectivity index (χ1v) is 9.29. The number of aryl methyl sites for hydroxylation is 1. The molecule has 0 saturated carbocycles. The monoisotopic (exact) mass is 441 g/mol. The van der Waals surface area contributed by atoms with Gasteiger partial charge in [0.25, 0.3) is 0 Å². The summed E-state index contributed by atoms with van der Waals surface area (Å²) in [4.78, 5) is 39.7. The lowest BCUT2D eigenvalue weighted by Gasteiger charge is -2.10. The second-order valence-electron chi connectivity index (χ2n) is 5.60. The van der Waals surface area contributed by atoms with Crippen LogP contribution >= 0.6 is 27.3 Å². The van der Waals surface area contributed by atoms with E-state index in [9.17, 15) is 18.8 Å². The number of fused-ring (bicyclic) bond motifs is 1. The number of Topliss-reactive ketones (excluding diaryl/α,β-unsaturated/α-hetero) is 1. The van der Waals surface area contributed by atoms with Gasteiger partial charge in [-0.25, -0.2) is 9.18 Å². The molecular weight excluding hydrogens is 429 g/mol. The second kappa shape index (κ2) is 7.63. The second-order valence-corrected chi connectivity index (χ2v) is 7.40. The van der Waals surface area contributed by atoms with Gasteiger partial charge in [0.1, 0.15) is 4.88 Å². The van der Waals surface area contributed by atoms with Crippen molar-refractivity contribution in [2.45, 2.75) is 18.8 Å². The maximum absolute atomic E-state index is 14.1. The highest BCUT2D eigenvalue weighted by Gasteiger charge is 2.32. The van der Waals surface area contributed by atoms with Gasteiger partial charge < -0.3 is 9.47 Å². The van der Waals surface area contributed by atoms with E-state index in [1.807, 2.05) is 6.07 Å². The maximum Gasteiger partial charge on any atom is 0.351 e. The van der Waals surface area contributed by atoms with Crippen molar-refractivity contribution in [2.24, 2.45) is 0 Å². The zero-order valence-corrected chi connectivity index (χ0v) is 16.0. The Morgan fingerprint density at radius 1 is 1.42 bits per heavy atom. The number of hydrogen-bond donors (Lipinski definition) is 0. The van der Waals surface area contributed by atoms with Crippen molar-refractivity contribution in [3.63, 3.8) is 0 Å². The van der Waals surface area contributed by atoms with Crippen molar-refractivity contribution in [1.29, 1.82) is 0 Å². The van der Waals surface area contributed by atoms with E-state index >= 15 is 0 Å². The highest BCUT2D eigenvalue weighted by Crippen LogP contribution is 2.33. The summed E-state index contributed by atoms with van der Waals surface area (Å²) in [5, 5.41) is 1.21. The molecule has 0 N–H and O–H groups in total. The first-order chi connectivity index (χ1) is 12.4. The summed E-state index contributed by atoms with van der Waals surface area (Å²) in [6.45, 7) is -0.602. The molecule has 1 unspecified atom stereocenters. The summed E-state index contributed by atoms with van der Waals surface area (Å²) < 4.78 is 24.4. The van der Waals surface area contributed by atoms with Gasteiger partial charge in [-0.15, -0.1) is 11.3 Å². The molecular formula is C17H13BrFNO5S. The number of thiophene rings is 1. The summed E-state index contributed by atoms with van der Waals surface area (Å²) >= 11 is 4.09. The molecule has 0 radical (unpaired) electrons. The van der Waals surface area contributed by atoms with E-state index in [1.54, 1.807) is 6.20 Å². The molecule has 2 aromatic heterocycles. The van der Waals surface area contributed by atoms with Crippen molar-refractivity contribution in [3.8, 4) is 0 Å². The minimum Gasteiger partial charge on any atom is -0.465 e. The molecule has 0 fully saturated rings. The van der Waals surface area contributed by atoms with E-state index in [0.717, 1.165) is 28.5 Å². The van der Waals surface area contributed by atoms with Crippen molar-refractivity contribution in [2.75, 3.05) is 13.7 Å². The molecule has 9 heteroatoms. The van der Waals surface area contributed by atoms with Crippen LogP contribution in [0.4, 0.5) is 4.39 Å². The van der Waals surface area contributed by atoms with Gasteiger partial charge in [-0.05, 0) is 40.4 Å². The molecule has 26 heavy (non-hydrogen) atoms. The van der Waals surface area contributed by atoms with Crippen molar-refractivity contribution in [1.82, 2.24) is 4.98 Å². The fraction of sp³-hybridized carbons (Fsp3) is 0.294. The molecule has 3 rings (SSSR count). The zero-order chi connectivity index (χ0) is 18.8. The van der Waals surface area contributed by atoms with Crippen molar-refractivity contribution < 1.29 is 28.2 Å². The lowest BCUT2D eigenvalue weighted by atomic mass is 10.1. The van der Waals surface area contributed by atoms with E-state index in [0.29, 0.717) is 18.5 Å². The molecule has 0 aliphatic heterocycles. The normalized spacial score (nSPS) is 15.4. The van der Waals surface area contributed by atoms with Gasteiger partial charge in [0.15, 0.2) is 12.4 Å². The molecule has 136 valence electrons. The number of carbonyl (C=O) groups excluding carboxylic acids is 3. The number of halogens is 2. The molecule has 2 aromatic rings. The van der Waals surface area contributed by atoms with Crippen LogP contribution in [0.5, 0.6) is 0 Å². The Labute approximate surface area is 160 Å². The van der Waals surface area contributed by atoms with Crippen LogP contribution in [0.3, 0.4) is 0 Å². The standard InChI is InChI=1S/C17H13BrFNO5S/c1-24-17(23)15-13(19)11(7-26-15)12(21)6-25-16(22)10-3-2-8-4-9(18)5-20-14(8)10/h4-5,7,10H,2-3,6H2,1H3. The van der Waals surface area contributed by atoms with E-state index in [1.165, 1.54) is 5.38 Å². The first-order valence-electron chi connectivity index (χ1n) is 7.61. The summed E-state index contributed by atoms with van der Waals surface area (Å²) in [5.74, 6) is -3.65. The number of ketones is 1. The summed E-state index contributed by atoms with van der Waals surface area (Å²) in [5.41, 5.74) is 1.30. The molecule has 0 aromatic carbocycles. The fourth-order valence-corrected chi connectivity index (χ4v) is 3.99. The summed E-state index contributed by atoms with van der Waals surface area (Å²) in [6, 6.07) is 1.90. The fourth-order valence-electron chi connectivity index (χ4n) is 2.75. The van der Waals surface area contributed by atoms with E-state index < -0.39 is 36.1 Å². The quantitative estimate of drug-likeness (QED) is 0.522. The average molecular weight is 442 g/mol. The maximum atomic E-state index is 14.1. The van der Waals surface area contributed by atoms with Crippen LogP contribution in [0, 0.1) is 5.82 Å². The smallest absolute Gasteiger partial charge is 0.351 e. The lowest BCUT2D eigenvalue weighted by Crippen LogP contribution is -2.20. The van der Waals surface area contributed by atoms with Crippen LogP contribution < -0.4 is 0 Å². The van der Waals surface area contributed by atoms with Gasteiger partial charge in [0.05, 0.1) is 24.3 Å². The predicted octanol–water partition coefficient (Wildman–Crippen LogP) is 3.29. The summed E-state index contributed by atoms with van der Waals surface area (Å²) in [7, 11) is 1.12. The minimum atomic E-state index is -0.958. The molecule has 1 atom stereocenters. The van der Waals surface area contributed by atoms with Gasteiger partial charge in [-0.3, -0.25) is 14.6 Å². The molecule has 6 nitrogen and oxygen atoms in total. The van der Waals surface area contributed by atoms with Gasteiger partial charge >= 0.3 is 11.9 Å². The van der Waals surface area contributed by atoms with Gasteiger partial charge in [-0.2, -0.15) is 0 Å². The Bertz CT molecular complexity index is 897. The summed E-state index contributed by atoms with van der Waals surface area (Å²) in [6.07, 6.45) is 2.84. The highest BCUT2D eigenvalue weighted by molar-refractivity contribution is 9.10. The number of nitrogens with zero attached hydrogens (tertiary/aromatic N) is 1. The highest BCUT2D eigenvalue weighted by atomic mass is 79.9. The van der Waals surface area contributed by atoms with Crippen LogP contribution in [-0.4, -0.2) is 36.4 Å². The van der Waals surface area contributed by atoms with Crippen LogP contribution in [-0.2, 0) is 20.7 Å². The molecule has 1 aliphatic carbocycles. The average Bonchev–Trinajstić information content (AvgIpc) is 3.21. The number of ether oxygens (including phenoxy) is 2. The third-order valence-electron chi connectivity index (χ3n) is 4.03. The van der Waals surface area contributed by atoms with E-state index in [-0.39, 0.29) is 10.4 Å². The third kappa shape index (κ3) is 3.54. The van der Waals surface area contributed by atoms with Crippen LogP contribution in [0.25, 0.3) is 0 Å². The van der Waals surface area contributed by atoms with Crippen molar-refractivity contribution in [3.05, 3.63) is 49.6 Å². The Hall–Kier alpha value is -2.13. The molecule has 0 spiro atoms. The van der Waals surface area contributed by atoms with Crippen molar-refractivity contribution >= 4 is 45.0 Å². The van der Waals surface area contributed by atoms with Gasteiger partial charge in [0, 0.05) is 16.0 Å². The Kier molecular flexibility index (Phi) is 5.47. The van der Waals surface area contributed by atoms with Crippen LogP contribution in [0.1, 0.15) is 43.6 Å². The first kappa shape index (κ1) is 18.7. The minimum absolute atomic E-state index is 0.290. The topological polar surface area (TPSA) is 82.6 Å².